The van der Waals surface area contributed by atoms with Crippen LogP contribution in [0.5, 0.6) is 0 Å². The summed E-state index contributed by atoms with van der Waals surface area (Å²) in [5, 5.41) is 0. The van der Waals surface area contributed by atoms with Gasteiger partial charge >= 0.3 is 0 Å². The van der Waals surface area contributed by atoms with Crippen molar-refractivity contribution in [3.8, 4) is 0 Å². The molecule has 0 amide bonds. The third kappa shape index (κ3) is 6.60. The fraction of sp³-hybridized carbons (Fsp3) is 1.00. The Balaban J connectivity index is 0.00000256. The van der Waals surface area contributed by atoms with E-state index in [4.69, 9.17) is 5.73 Å². The molecular weight excluding hydrogens is 260 g/mol. The van der Waals surface area contributed by atoms with Gasteiger partial charge in [-0.1, -0.05) is 20.3 Å². The van der Waals surface area contributed by atoms with Crippen LogP contribution in [0.15, 0.2) is 0 Å². The average molecular weight is 285 g/mol. The van der Waals surface area contributed by atoms with Crippen LogP contribution in [0.3, 0.4) is 0 Å². The highest BCUT2D eigenvalue weighted by Crippen LogP contribution is 2.32. The molecule has 6 heteroatoms. The topological polar surface area (TPSA) is 72.2 Å². The summed E-state index contributed by atoms with van der Waals surface area (Å²) in [6, 6.07) is -0.0428. The lowest BCUT2D eigenvalue weighted by Gasteiger charge is -2.18. The Kier molecular flexibility index (Phi) is 7.63. The van der Waals surface area contributed by atoms with Crippen LogP contribution in [0.2, 0.25) is 0 Å². The van der Waals surface area contributed by atoms with Gasteiger partial charge in [-0.25, -0.2) is 13.1 Å². The van der Waals surface area contributed by atoms with E-state index in [1.165, 1.54) is 0 Å². The molecule has 1 aliphatic rings. The molecule has 0 aromatic heterocycles. The highest BCUT2D eigenvalue weighted by Gasteiger charge is 2.33. The van der Waals surface area contributed by atoms with Crippen molar-refractivity contribution in [2.75, 3.05) is 12.3 Å². The Morgan fingerprint density at radius 2 is 2.00 bits per heavy atom. The molecule has 17 heavy (non-hydrogen) atoms. The number of sulfonamides is 1. The van der Waals surface area contributed by atoms with E-state index in [9.17, 15) is 8.42 Å². The minimum atomic E-state index is -3.15. The molecule has 0 aromatic rings. The molecule has 104 valence electrons. The van der Waals surface area contributed by atoms with E-state index < -0.39 is 10.0 Å². The second-order valence-corrected chi connectivity index (χ2v) is 6.77. The molecule has 0 heterocycles. The molecule has 0 saturated heterocycles. The van der Waals surface area contributed by atoms with Gasteiger partial charge in [-0.05, 0) is 31.1 Å². The van der Waals surface area contributed by atoms with Crippen LogP contribution in [-0.2, 0) is 10.0 Å². The van der Waals surface area contributed by atoms with E-state index in [0.717, 1.165) is 25.7 Å². The normalized spacial score (nSPS) is 19.5. The van der Waals surface area contributed by atoms with Crippen LogP contribution in [0.1, 0.15) is 39.5 Å². The highest BCUT2D eigenvalue weighted by molar-refractivity contribution is 7.89. The van der Waals surface area contributed by atoms with Gasteiger partial charge in [-0.3, -0.25) is 0 Å². The number of hydrogen-bond donors (Lipinski definition) is 2. The van der Waals surface area contributed by atoms with Gasteiger partial charge in [0.15, 0.2) is 0 Å². The Labute approximate surface area is 111 Å². The summed E-state index contributed by atoms with van der Waals surface area (Å²) in [5.74, 6) is 0.922. The molecule has 4 nitrogen and oxygen atoms in total. The third-order valence-electron chi connectivity index (χ3n) is 3.06. The van der Waals surface area contributed by atoms with Gasteiger partial charge in [0.05, 0.1) is 5.75 Å². The molecular formula is C11H25ClN2O2S. The first kappa shape index (κ1) is 17.2. The highest BCUT2D eigenvalue weighted by atomic mass is 35.5. The lowest BCUT2D eigenvalue weighted by atomic mass is 10.1. The van der Waals surface area contributed by atoms with Gasteiger partial charge in [-0.2, -0.15) is 0 Å². The fourth-order valence-electron chi connectivity index (χ4n) is 2.06. The van der Waals surface area contributed by atoms with E-state index in [1.54, 1.807) is 0 Å². The van der Waals surface area contributed by atoms with Gasteiger partial charge in [0, 0.05) is 12.6 Å². The van der Waals surface area contributed by atoms with Crippen LogP contribution in [-0.4, -0.2) is 26.8 Å². The Morgan fingerprint density at radius 1 is 1.41 bits per heavy atom. The van der Waals surface area contributed by atoms with Crippen molar-refractivity contribution >= 4 is 22.4 Å². The minimum absolute atomic E-state index is 0. The predicted octanol–water partition coefficient (Wildman–Crippen LogP) is 1.50. The molecule has 0 aliphatic heterocycles. The molecule has 1 rings (SSSR count). The lowest BCUT2D eigenvalue weighted by molar-refractivity contribution is 0.501. The van der Waals surface area contributed by atoms with Gasteiger partial charge < -0.3 is 5.73 Å². The molecule has 1 fully saturated rings. The summed E-state index contributed by atoms with van der Waals surface area (Å²) in [5.41, 5.74) is 5.58. The fourth-order valence-corrected chi connectivity index (χ4v) is 3.83. The first-order chi connectivity index (χ1) is 7.48. The third-order valence-corrected chi connectivity index (χ3v) is 4.73. The van der Waals surface area contributed by atoms with Crippen molar-refractivity contribution in [2.45, 2.75) is 45.6 Å². The first-order valence-corrected chi connectivity index (χ1v) is 7.83. The smallest absolute Gasteiger partial charge is 0.212 e. The number of nitrogens with one attached hydrogen (secondary N) is 1. The van der Waals surface area contributed by atoms with Crippen molar-refractivity contribution < 1.29 is 8.42 Å². The zero-order valence-electron chi connectivity index (χ0n) is 10.7. The quantitative estimate of drug-likeness (QED) is 0.709. The molecule has 3 N–H and O–H groups in total. The first-order valence-electron chi connectivity index (χ1n) is 6.18. The maximum Gasteiger partial charge on any atom is 0.212 e. The van der Waals surface area contributed by atoms with Crippen molar-refractivity contribution in [1.29, 1.82) is 0 Å². The second-order valence-electron chi connectivity index (χ2n) is 4.97. The van der Waals surface area contributed by atoms with E-state index in [2.05, 4.69) is 11.6 Å². The Hall–Kier alpha value is 0.160. The summed E-state index contributed by atoms with van der Waals surface area (Å²) in [4.78, 5) is 0. The lowest BCUT2D eigenvalue weighted by Crippen LogP contribution is -2.43. The van der Waals surface area contributed by atoms with Crippen LogP contribution in [0.25, 0.3) is 0 Å². The summed E-state index contributed by atoms with van der Waals surface area (Å²) >= 11 is 0. The van der Waals surface area contributed by atoms with Crippen LogP contribution in [0.4, 0.5) is 0 Å². The number of hydrogen-bond acceptors (Lipinski definition) is 3. The maximum atomic E-state index is 11.9. The zero-order chi connectivity index (χ0) is 12.2. The predicted molar refractivity (Wildman–Crippen MR) is 73.8 cm³/mol. The summed E-state index contributed by atoms with van der Waals surface area (Å²) in [6.07, 6.45) is 4.20. The van der Waals surface area contributed by atoms with Crippen LogP contribution < -0.4 is 10.5 Å². The molecule has 2 atom stereocenters. The summed E-state index contributed by atoms with van der Waals surface area (Å²) in [6.45, 7) is 4.47. The summed E-state index contributed by atoms with van der Waals surface area (Å²) in [7, 11) is -3.15. The Morgan fingerprint density at radius 3 is 2.41 bits per heavy atom. The standard InChI is InChI=1S/C11H24N2O2S.ClH/c1-3-4-9(2)8-16(14,15)13-11(7-12)10-5-6-10;/h9-11,13H,3-8,12H2,1-2H3;1H. The van der Waals surface area contributed by atoms with E-state index >= 15 is 0 Å². The number of rotatable bonds is 8. The molecule has 1 saturated carbocycles. The van der Waals surface area contributed by atoms with Crippen molar-refractivity contribution in [3.63, 3.8) is 0 Å². The molecule has 0 aromatic carbocycles. The zero-order valence-corrected chi connectivity index (χ0v) is 12.3. The van der Waals surface area contributed by atoms with Crippen LogP contribution >= 0.6 is 12.4 Å². The van der Waals surface area contributed by atoms with E-state index in [0.29, 0.717) is 12.5 Å². The van der Waals surface area contributed by atoms with Gasteiger partial charge in [-0.15, -0.1) is 12.4 Å². The summed E-state index contributed by atoms with van der Waals surface area (Å²) < 4.78 is 26.4. The van der Waals surface area contributed by atoms with Gasteiger partial charge in [0.2, 0.25) is 10.0 Å². The van der Waals surface area contributed by atoms with E-state index in [-0.39, 0.29) is 30.1 Å². The second kappa shape index (κ2) is 7.56. The molecule has 2 unspecified atom stereocenters. The van der Waals surface area contributed by atoms with Crippen molar-refractivity contribution in [3.05, 3.63) is 0 Å². The van der Waals surface area contributed by atoms with Gasteiger partial charge in [0.1, 0.15) is 0 Å². The molecule has 0 radical (unpaired) electrons. The van der Waals surface area contributed by atoms with E-state index in [1.807, 2.05) is 6.92 Å². The monoisotopic (exact) mass is 284 g/mol. The number of halogens is 1. The number of nitrogens with two attached hydrogens (primary N) is 1. The molecule has 1 aliphatic carbocycles. The maximum absolute atomic E-state index is 11.9. The molecule has 0 spiro atoms. The van der Waals surface area contributed by atoms with Crippen molar-refractivity contribution in [2.24, 2.45) is 17.6 Å². The molecule has 0 bridgehead atoms. The minimum Gasteiger partial charge on any atom is -0.329 e. The largest absolute Gasteiger partial charge is 0.329 e. The van der Waals surface area contributed by atoms with Crippen molar-refractivity contribution in [1.82, 2.24) is 4.72 Å². The van der Waals surface area contributed by atoms with Gasteiger partial charge in [0.25, 0.3) is 0 Å². The Bertz CT molecular complexity index is 305. The average Bonchev–Trinajstić information content (AvgIpc) is 2.96. The van der Waals surface area contributed by atoms with Crippen LogP contribution in [0, 0.1) is 11.8 Å². The SMILES string of the molecule is CCCC(C)CS(=O)(=O)NC(CN)C1CC1.Cl.